The van der Waals surface area contributed by atoms with E-state index in [-0.39, 0.29) is 18.2 Å². The molecule has 1 unspecified atom stereocenters. The number of aromatic nitrogens is 1. The maximum Gasteiger partial charge on any atom is 0.290 e. The zero-order valence-corrected chi connectivity index (χ0v) is 18.7. The van der Waals surface area contributed by atoms with Crippen LogP contribution in [0.2, 0.25) is 5.02 Å². The minimum Gasteiger partial charge on any atom is -0.490 e. The maximum absolute atomic E-state index is 13.6. The van der Waals surface area contributed by atoms with Gasteiger partial charge >= 0.3 is 0 Å². The largest absolute Gasteiger partial charge is 0.490 e. The van der Waals surface area contributed by atoms with Crippen LogP contribution >= 0.6 is 11.6 Å². The normalized spacial score (nSPS) is 18.4. The lowest BCUT2D eigenvalue weighted by Crippen LogP contribution is -2.39. The molecule has 33 heavy (non-hydrogen) atoms. The van der Waals surface area contributed by atoms with Crippen LogP contribution in [-0.2, 0) is 16.1 Å². The van der Waals surface area contributed by atoms with E-state index in [1.807, 2.05) is 22.9 Å². The van der Waals surface area contributed by atoms with E-state index in [0.717, 1.165) is 60.5 Å². The summed E-state index contributed by atoms with van der Waals surface area (Å²) in [6, 6.07) is 10.7. The Labute approximate surface area is 195 Å². The van der Waals surface area contributed by atoms with E-state index in [1.54, 1.807) is 6.07 Å². The van der Waals surface area contributed by atoms with Gasteiger partial charge in [-0.2, -0.15) is 0 Å². The first-order chi connectivity index (χ1) is 16.0. The third kappa shape index (κ3) is 5.29. The second-order valence-corrected chi connectivity index (χ2v) is 8.61. The van der Waals surface area contributed by atoms with Crippen LogP contribution in [-0.4, -0.2) is 53.2 Å². The third-order valence-electron chi connectivity index (χ3n) is 5.95. The number of fused-ring (bicyclic) bond motifs is 2. The zero-order chi connectivity index (χ0) is 23.4. The van der Waals surface area contributed by atoms with Crippen LogP contribution in [0.4, 0.5) is 4.39 Å². The van der Waals surface area contributed by atoms with E-state index in [9.17, 15) is 9.18 Å². The highest BCUT2D eigenvalue weighted by molar-refractivity contribution is 6.32. The van der Waals surface area contributed by atoms with Crippen LogP contribution in [0.1, 0.15) is 18.4 Å². The number of piperidine rings is 1. The van der Waals surface area contributed by atoms with Gasteiger partial charge in [0, 0.05) is 55.4 Å². The van der Waals surface area contributed by atoms with Crippen molar-refractivity contribution in [3.63, 3.8) is 0 Å². The first kappa shape index (κ1) is 23.1. The lowest BCUT2D eigenvalue weighted by atomic mass is 9.96. The molecular formula is C24H25ClFN3O4. The molecule has 0 aliphatic carbocycles. The van der Waals surface area contributed by atoms with Crippen LogP contribution in [0.25, 0.3) is 16.6 Å². The summed E-state index contributed by atoms with van der Waals surface area (Å²) in [5, 5.41) is 11.2. The van der Waals surface area contributed by atoms with Gasteiger partial charge in [0.05, 0.1) is 10.5 Å². The van der Waals surface area contributed by atoms with Crippen molar-refractivity contribution in [2.24, 2.45) is 5.92 Å². The number of benzene rings is 2. The Kier molecular flexibility index (Phi) is 7.15. The summed E-state index contributed by atoms with van der Waals surface area (Å²) < 4.78 is 21.6. The fraction of sp³-hybridized carbons (Fsp3) is 0.333. The van der Waals surface area contributed by atoms with Gasteiger partial charge in [0.2, 0.25) is 5.91 Å². The molecule has 0 saturated carbocycles. The second kappa shape index (κ2) is 10.2. The summed E-state index contributed by atoms with van der Waals surface area (Å²) in [7, 11) is 0. The summed E-state index contributed by atoms with van der Waals surface area (Å²) in [5.74, 6) is 0.980. The molecule has 1 amide bonds. The predicted octanol–water partition coefficient (Wildman–Crippen LogP) is 3.84. The molecule has 3 heterocycles. The Balaban J connectivity index is 0.000000821. The van der Waals surface area contributed by atoms with Gasteiger partial charge in [-0.3, -0.25) is 14.5 Å². The number of halogens is 2. The van der Waals surface area contributed by atoms with E-state index >= 15 is 0 Å². The lowest BCUT2D eigenvalue weighted by Gasteiger charge is -2.28. The number of amides is 1. The molecular weight excluding hydrogens is 449 g/mol. The first-order valence-corrected chi connectivity index (χ1v) is 11.2. The van der Waals surface area contributed by atoms with Crippen molar-refractivity contribution in [3.05, 3.63) is 59.0 Å². The van der Waals surface area contributed by atoms with Crippen LogP contribution in [0.15, 0.2) is 42.6 Å². The number of nitrogens with zero attached hydrogens (tertiary/aromatic N) is 2. The van der Waals surface area contributed by atoms with E-state index < -0.39 is 0 Å². The smallest absolute Gasteiger partial charge is 0.290 e. The van der Waals surface area contributed by atoms with E-state index in [0.29, 0.717) is 24.0 Å². The Hall–Kier alpha value is -3.10. The molecule has 1 aromatic heterocycles. The molecule has 9 heteroatoms. The van der Waals surface area contributed by atoms with Crippen LogP contribution in [0.5, 0.6) is 5.75 Å². The van der Waals surface area contributed by atoms with Crippen LogP contribution < -0.4 is 10.1 Å². The number of carbonyl (C=O) groups is 2. The van der Waals surface area contributed by atoms with Gasteiger partial charge < -0.3 is 19.7 Å². The Bertz CT molecular complexity index is 1170. The average molecular weight is 474 g/mol. The number of hydrogen-bond acceptors (Lipinski definition) is 4. The molecule has 2 aromatic carbocycles. The maximum atomic E-state index is 13.6. The molecule has 7 nitrogen and oxygen atoms in total. The lowest BCUT2D eigenvalue weighted by molar-refractivity contribution is -0.124. The highest BCUT2D eigenvalue weighted by Gasteiger charge is 2.25. The van der Waals surface area contributed by atoms with Crippen molar-refractivity contribution in [1.82, 2.24) is 14.8 Å². The van der Waals surface area contributed by atoms with Gasteiger partial charge in [-0.05, 0) is 48.7 Å². The van der Waals surface area contributed by atoms with Gasteiger partial charge in [0.25, 0.3) is 6.47 Å². The SMILES string of the molecule is O=C1CC(CN2CCOc3c(Cl)cc(-n4ccc5cc(F)ccc54)cc3C2)CCN1.O=CO. The van der Waals surface area contributed by atoms with Crippen molar-refractivity contribution in [1.29, 1.82) is 0 Å². The monoisotopic (exact) mass is 473 g/mol. The van der Waals surface area contributed by atoms with Crippen LogP contribution in [0.3, 0.4) is 0 Å². The minimum atomic E-state index is -0.250. The van der Waals surface area contributed by atoms with Gasteiger partial charge in [0.1, 0.15) is 18.2 Å². The van der Waals surface area contributed by atoms with Crippen molar-refractivity contribution < 1.29 is 23.8 Å². The summed E-state index contributed by atoms with van der Waals surface area (Å²) in [6.45, 7) is 3.45. The molecule has 3 aromatic rings. The highest BCUT2D eigenvalue weighted by atomic mass is 35.5. The number of nitrogens with one attached hydrogen (secondary N) is 1. The van der Waals surface area contributed by atoms with E-state index in [2.05, 4.69) is 16.3 Å². The van der Waals surface area contributed by atoms with E-state index in [4.69, 9.17) is 26.2 Å². The van der Waals surface area contributed by atoms with Crippen molar-refractivity contribution in [2.75, 3.05) is 26.2 Å². The molecule has 0 bridgehead atoms. The minimum absolute atomic E-state index is 0.138. The van der Waals surface area contributed by atoms with Gasteiger partial charge in [-0.25, -0.2) is 4.39 Å². The molecule has 1 fully saturated rings. The number of carboxylic acid groups (broad SMARTS) is 1. The molecule has 2 aliphatic heterocycles. The molecule has 0 radical (unpaired) electrons. The number of hydrogen-bond donors (Lipinski definition) is 2. The van der Waals surface area contributed by atoms with Gasteiger partial charge in [-0.15, -0.1) is 0 Å². The van der Waals surface area contributed by atoms with Gasteiger partial charge in [0.15, 0.2) is 0 Å². The molecule has 5 rings (SSSR count). The molecule has 0 spiro atoms. The van der Waals surface area contributed by atoms with E-state index in [1.165, 1.54) is 12.1 Å². The standard InChI is InChI=1S/C23H23ClFN3O2.CH2O2/c24-20-12-19(28-6-4-16-10-18(25)1-2-21(16)28)11-17-14-27(7-8-30-23(17)20)13-15-3-5-26-22(29)9-15;2-1-3/h1-2,4,6,10-12,15H,3,5,7-9,13-14H2,(H,26,29);1H,(H,2,3). The topological polar surface area (TPSA) is 83.8 Å². The van der Waals surface area contributed by atoms with Gasteiger partial charge in [-0.1, -0.05) is 11.6 Å². The molecule has 2 aliphatic rings. The fourth-order valence-corrected chi connectivity index (χ4v) is 4.80. The molecule has 1 atom stereocenters. The summed E-state index contributed by atoms with van der Waals surface area (Å²) in [5.41, 5.74) is 2.87. The Morgan fingerprint density at radius 2 is 2.09 bits per heavy atom. The number of rotatable bonds is 3. The Morgan fingerprint density at radius 1 is 1.27 bits per heavy atom. The summed E-state index contributed by atoms with van der Waals surface area (Å²) >= 11 is 6.60. The summed E-state index contributed by atoms with van der Waals surface area (Å²) in [4.78, 5) is 22.4. The quantitative estimate of drug-likeness (QED) is 0.565. The number of carbonyl (C=O) groups excluding carboxylic acids is 1. The Morgan fingerprint density at radius 3 is 2.88 bits per heavy atom. The summed E-state index contributed by atoms with van der Waals surface area (Å²) in [6.07, 6.45) is 3.51. The van der Waals surface area contributed by atoms with Crippen LogP contribution in [0, 0.1) is 11.7 Å². The number of ether oxygens (including phenoxy) is 1. The van der Waals surface area contributed by atoms with Crippen molar-refractivity contribution >= 4 is 34.9 Å². The molecule has 2 N–H and O–H groups in total. The van der Waals surface area contributed by atoms with Crippen molar-refractivity contribution in [3.8, 4) is 11.4 Å². The molecule has 1 saturated heterocycles. The third-order valence-corrected chi connectivity index (χ3v) is 6.23. The molecule has 174 valence electrons. The second-order valence-electron chi connectivity index (χ2n) is 8.20. The van der Waals surface area contributed by atoms with Crippen molar-refractivity contribution in [2.45, 2.75) is 19.4 Å². The zero-order valence-electron chi connectivity index (χ0n) is 18.0. The fourth-order valence-electron chi connectivity index (χ4n) is 4.52. The first-order valence-electron chi connectivity index (χ1n) is 10.8. The predicted molar refractivity (Wildman–Crippen MR) is 123 cm³/mol. The highest BCUT2D eigenvalue weighted by Crippen LogP contribution is 2.35. The average Bonchev–Trinajstić information content (AvgIpc) is 3.07.